The molecule has 0 saturated heterocycles. The van der Waals surface area contributed by atoms with Crippen molar-refractivity contribution in [1.82, 2.24) is 14.5 Å². The Kier molecular flexibility index (Phi) is 5.97. The maximum absolute atomic E-state index is 13.1. The highest BCUT2D eigenvalue weighted by Crippen LogP contribution is 2.33. The molecule has 0 radical (unpaired) electrons. The van der Waals surface area contributed by atoms with Crippen LogP contribution in [0.5, 0.6) is 5.75 Å². The minimum Gasteiger partial charge on any atom is -0.489 e. The van der Waals surface area contributed by atoms with Crippen molar-refractivity contribution in [2.75, 3.05) is 5.32 Å². The Morgan fingerprint density at radius 2 is 2.06 bits per heavy atom. The SMILES string of the molecule is O=C(Cn1cnc2scc(-c3cccs3)c2c1=O)Nc1cccc(OCc2cccnc2)c1. The number of nitrogens with zero attached hydrogens (tertiary/aromatic N) is 3. The fourth-order valence-corrected chi connectivity index (χ4v) is 5.08. The van der Waals surface area contributed by atoms with Crippen LogP contribution in [0.2, 0.25) is 0 Å². The molecule has 7 nitrogen and oxygen atoms in total. The number of anilines is 1. The molecular weight excluding hydrogens is 456 g/mol. The van der Waals surface area contributed by atoms with Gasteiger partial charge in [0.1, 0.15) is 23.7 Å². The number of aromatic nitrogens is 3. The number of carbonyl (C=O) groups is 1. The molecule has 1 N–H and O–H groups in total. The van der Waals surface area contributed by atoms with Gasteiger partial charge in [0, 0.05) is 45.5 Å². The average Bonchev–Trinajstić information content (AvgIpc) is 3.51. The summed E-state index contributed by atoms with van der Waals surface area (Å²) in [5, 5.41) is 7.28. The van der Waals surface area contributed by atoms with Crippen LogP contribution in [0, 0.1) is 0 Å². The molecule has 4 aromatic heterocycles. The van der Waals surface area contributed by atoms with Gasteiger partial charge in [-0.1, -0.05) is 18.2 Å². The molecule has 5 aromatic rings. The number of carbonyl (C=O) groups excluding carboxylic acids is 1. The number of hydrogen-bond donors (Lipinski definition) is 1. The summed E-state index contributed by atoms with van der Waals surface area (Å²) in [6, 6.07) is 14.8. The first-order valence-corrected chi connectivity index (χ1v) is 11.9. The number of ether oxygens (including phenoxy) is 1. The Morgan fingerprint density at radius 1 is 1.12 bits per heavy atom. The second-order valence-electron chi connectivity index (χ2n) is 7.21. The summed E-state index contributed by atoms with van der Waals surface area (Å²) >= 11 is 2.99. The number of fused-ring (bicyclic) bond motifs is 1. The second-order valence-corrected chi connectivity index (χ2v) is 9.02. The van der Waals surface area contributed by atoms with Crippen molar-refractivity contribution in [2.45, 2.75) is 13.2 Å². The molecule has 0 saturated carbocycles. The summed E-state index contributed by atoms with van der Waals surface area (Å²) in [5.74, 6) is 0.298. The predicted molar refractivity (Wildman–Crippen MR) is 131 cm³/mol. The Morgan fingerprint density at radius 3 is 2.88 bits per heavy atom. The number of hydrogen-bond acceptors (Lipinski definition) is 7. The second kappa shape index (κ2) is 9.35. The lowest BCUT2D eigenvalue weighted by Crippen LogP contribution is -2.27. The molecule has 1 aromatic carbocycles. The van der Waals surface area contributed by atoms with E-state index in [4.69, 9.17) is 4.74 Å². The lowest BCUT2D eigenvalue weighted by Gasteiger charge is -2.10. The first-order chi connectivity index (χ1) is 16.2. The van der Waals surface area contributed by atoms with Gasteiger partial charge in [-0.2, -0.15) is 0 Å². The van der Waals surface area contributed by atoms with Gasteiger partial charge >= 0.3 is 0 Å². The van der Waals surface area contributed by atoms with Crippen molar-refractivity contribution in [3.05, 3.63) is 93.9 Å². The fraction of sp³-hybridized carbons (Fsp3) is 0.0833. The number of amides is 1. The highest BCUT2D eigenvalue weighted by molar-refractivity contribution is 7.18. The van der Waals surface area contributed by atoms with E-state index in [1.165, 1.54) is 22.2 Å². The fourth-order valence-electron chi connectivity index (χ4n) is 3.36. The molecule has 0 fully saturated rings. The molecule has 0 aliphatic heterocycles. The zero-order valence-corrected chi connectivity index (χ0v) is 18.9. The molecule has 0 bridgehead atoms. The highest BCUT2D eigenvalue weighted by Gasteiger charge is 2.15. The van der Waals surface area contributed by atoms with Crippen LogP contribution in [0.25, 0.3) is 20.7 Å². The van der Waals surface area contributed by atoms with Crippen LogP contribution < -0.4 is 15.6 Å². The maximum atomic E-state index is 13.1. The number of benzene rings is 1. The van der Waals surface area contributed by atoms with Gasteiger partial charge in [0.05, 0.1) is 11.7 Å². The Balaban J connectivity index is 1.30. The molecule has 0 atom stereocenters. The first kappa shape index (κ1) is 21.0. The van der Waals surface area contributed by atoms with Crippen LogP contribution in [0.4, 0.5) is 5.69 Å². The molecule has 4 heterocycles. The monoisotopic (exact) mass is 474 g/mol. The molecule has 0 aliphatic rings. The van der Waals surface area contributed by atoms with Crippen LogP contribution in [0.1, 0.15) is 5.56 Å². The van der Waals surface area contributed by atoms with Crippen molar-refractivity contribution in [2.24, 2.45) is 0 Å². The quantitative estimate of drug-likeness (QED) is 0.366. The molecular formula is C24H18N4O3S2. The number of pyridine rings is 1. The van der Waals surface area contributed by atoms with Crippen LogP contribution in [0.15, 0.2) is 82.8 Å². The molecule has 9 heteroatoms. The van der Waals surface area contributed by atoms with E-state index in [9.17, 15) is 9.59 Å². The van der Waals surface area contributed by atoms with Crippen molar-refractivity contribution in [1.29, 1.82) is 0 Å². The molecule has 0 aliphatic carbocycles. The Bertz CT molecular complexity index is 1460. The average molecular weight is 475 g/mol. The maximum Gasteiger partial charge on any atom is 0.263 e. The summed E-state index contributed by atoms with van der Waals surface area (Å²) < 4.78 is 7.12. The molecule has 0 unspecified atom stereocenters. The third-order valence-corrected chi connectivity index (χ3v) is 6.70. The van der Waals surface area contributed by atoms with Gasteiger partial charge in [-0.3, -0.25) is 19.1 Å². The standard InChI is InChI=1S/C24H18N4O3S2/c29-21(27-17-5-1-6-18(10-17)31-13-16-4-2-8-25-11-16)12-28-15-26-23-22(24(28)30)19(14-33-23)20-7-3-9-32-20/h1-11,14-15H,12-13H2,(H,27,29). The van der Waals surface area contributed by atoms with E-state index in [0.29, 0.717) is 28.3 Å². The lowest BCUT2D eigenvalue weighted by molar-refractivity contribution is -0.116. The minimum atomic E-state index is -0.324. The van der Waals surface area contributed by atoms with Crippen molar-refractivity contribution in [3.63, 3.8) is 0 Å². The van der Waals surface area contributed by atoms with E-state index in [-0.39, 0.29) is 18.0 Å². The first-order valence-electron chi connectivity index (χ1n) is 10.1. The molecule has 33 heavy (non-hydrogen) atoms. The molecule has 1 amide bonds. The third kappa shape index (κ3) is 4.69. The van der Waals surface area contributed by atoms with Gasteiger partial charge in [-0.05, 0) is 29.6 Å². The topological polar surface area (TPSA) is 86.1 Å². The van der Waals surface area contributed by atoms with Gasteiger partial charge in [0.2, 0.25) is 5.91 Å². The van der Waals surface area contributed by atoms with Gasteiger partial charge in [-0.25, -0.2) is 4.98 Å². The summed E-state index contributed by atoms with van der Waals surface area (Å²) in [5.41, 5.74) is 2.16. The number of rotatable bonds is 7. The zero-order valence-electron chi connectivity index (χ0n) is 17.3. The smallest absolute Gasteiger partial charge is 0.263 e. The van der Waals surface area contributed by atoms with Gasteiger partial charge in [-0.15, -0.1) is 22.7 Å². The van der Waals surface area contributed by atoms with Crippen molar-refractivity contribution >= 4 is 44.5 Å². The van der Waals surface area contributed by atoms with Gasteiger partial charge in [0.25, 0.3) is 5.56 Å². The summed E-state index contributed by atoms with van der Waals surface area (Å²) in [6.07, 6.45) is 4.87. The minimum absolute atomic E-state index is 0.137. The van der Waals surface area contributed by atoms with E-state index in [2.05, 4.69) is 15.3 Å². The summed E-state index contributed by atoms with van der Waals surface area (Å²) in [4.78, 5) is 35.9. The van der Waals surface area contributed by atoms with E-state index >= 15 is 0 Å². The van der Waals surface area contributed by atoms with E-state index in [1.807, 2.05) is 41.1 Å². The van der Waals surface area contributed by atoms with Gasteiger partial charge in [0.15, 0.2) is 0 Å². The molecule has 164 valence electrons. The molecule has 0 spiro atoms. The predicted octanol–water partition coefficient (Wildman–Crippen LogP) is 4.80. The van der Waals surface area contributed by atoms with Crippen LogP contribution in [-0.4, -0.2) is 20.4 Å². The van der Waals surface area contributed by atoms with E-state index in [0.717, 1.165) is 16.0 Å². The van der Waals surface area contributed by atoms with Crippen molar-refractivity contribution < 1.29 is 9.53 Å². The Hall–Kier alpha value is -3.82. The van der Waals surface area contributed by atoms with Crippen LogP contribution >= 0.6 is 22.7 Å². The largest absolute Gasteiger partial charge is 0.489 e. The van der Waals surface area contributed by atoms with Crippen LogP contribution in [0.3, 0.4) is 0 Å². The van der Waals surface area contributed by atoms with Crippen LogP contribution in [-0.2, 0) is 17.9 Å². The number of thiophene rings is 2. The lowest BCUT2D eigenvalue weighted by atomic mass is 10.2. The Labute approximate surface area is 197 Å². The third-order valence-electron chi connectivity index (χ3n) is 4.91. The van der Waals surface area contributed by atoms with Crippen molar-refractivity contribution in [3.8, 4) is 16.2 Å². The highest BCUT2D eigenvalue weighted by atomic mass is 32.1. The zero-order chi connectivity index (χ0) is 22.6. The molecule has 5 rings (SSSR count). The number of nitrogens with one attached hydrogen (secondary N) is 1. The normalized spacial score (nSPS) is 10.9. The van der Waals surface area contributed by atoms with E-state index in [1.54, 1.807) is 41.9 Å². The van der Waals surface area contributed by atoms with E-state index < -0.39 is 0 Å². The van der Waals surface area contributed by atoms with Gasteiger partial charge < -0.3 is 10.1 Å². The summed E-state index contributed by atoms with van der Waals surface area (Å²) in [7, 11) is 0. The summed E-state index contributed by atoms with van der Waals surface area (Å²) in [6.45, 7) is 0.238.